The van der Waals surface area contributed by atoms with Crippen LogP contribution in [0.3, 0.4) is 0 Å². The zero-order valence-corrected chi connectivity index (χ0v) is 47.0. The SMILES string of the molecule is CSCc1cc(C(C)(C)C)cc(C(C)(C)C)c1P1SP(c2c(CSC)cc(C(C)(C)C)cc2C(C)(C)C)SP(c2c(CSC)cc(C(C)(C)C)cc2C(C)(C)C)S1. The Kier molecular flexibility index (Phi) is 16.9. The first kappa shape index (κ1) is 50.7. The summed E-state index contributed by atoms with van der Waals surface area (Å²) in [5.41, 5.74) is 14.3. The summed E-state index contributed by atoms with van der Waals surface area (Å²) in [6, 6.07) is 15.7. The Morgan fingerprint density at radius 1 is 0.351 bits per heavy atom. The van der Waals surface area contributed by atoms with E-state index in [2.05, 4.69) is 213 Å². The van der Waals surface area contributed by atoms with Gasteiger partial charge in [-0.2, -0.15) is 35.3 Å². The Morgan fingerprint density at radius 2 is 0.561 bits per heavy atom. The standard InChI is InChI=1S/C48H75P3S6/c1-43(2,3)34-22-31(28-52-19)40(37(25-34)46(10,11)12)49-55-50(41-32(29-53-20)23-35(44(4,5)6)26-38(41)47(13,14)15)57-51(56-49)42-33(30-54-21)24-36(45(7,8)9)27-39(42)48(16,17)18/h22-27H,28-30H2,1-21H3. The molecule has 3 aromatic carbocycles. The van der Waals surface area contributed by atoms with Gasteiger partial charge in [0.1, 0.15) is 0 Å². The maximum atomic E-state index is 2.63. The number of rotatable bonds is 9. The van der Waals surface area contributed by atoms with E-state index in [1.165, 1.54) is 16.7 Å². The van der Waals surface area contributed by atoms with Crippen molar-refractivity contribution in [1.29, 1.82) is 0 Å². The van der Waals surface area contributed by atoms with Crippen molar-refractivity contribution in [3.05, 3.63) is 86.5 Å². The van der Waals surface area contributed by atoms with Gasteiger partial charge in [0.25, 0.3) is 0 Å². The largest absolute Gasteiger partial charge is 0.161 e. The summed E-state index contributed by atoms with van der Waals surface area (Å²) in [5, 5.41) is 5.04. The van der Waals surface area contributed by atoms with Gasteiger partial charge in [0.05, 0.1) is 19.0 Å². The molecule has 318 valence electrons. The number of benzene rings is 3. The summed E-state index contributed by atoms with van der Waals surface area (Å²) in [4.78, 5) is 0. The number of thioether (sulfide) groups is 3. The number of hydrogen-bond donors (Lipinski definition) is 0. The van der Waals surface area contributed by atoms with Crippen LogP contribution >= 0.6 is 87.3 Å². The first-order chi connectivity index (χ1) is 25.9. The van der Waals surface area contributed by atoms with Crippen molar-refractivity contribution in [3.63, 3.8) is 0 Å². The van der Waals surface area contributed by atoms with E-state index < -0.39 is 19.0 Å². The Morgan fingerprint density at radius 3 is 0.719 bits per heavy atom. The Hall–Kier alpha value is 1.05. The fourth-order valence-corrected chi connectivity index (χ4v) is 52.4. The van der Waals surface area contributed by atoms with Crippen LogP contribution in [0.5, 0.6) is 0 Å². The summed E-state index contributed by atoms with van der Waals surface area (Å²) in [6.07, 6.45) is 5.06. The molecule has 0 saturated carbocycles. The molecule has 1 fully saturated rings. The second kappa shape index (κ2) is 19.0. The second-order valence-corrected chi connectivity index (χ2v) is 42.4. The minimum atomic E-state index is -0.615. The highest BCUT2D eigenvalue weighted by atomic mass is 33.6. The smallest absolute Gasteiger partial charge is 0.0558 e. The Balaban J connectivity index is 2.20. The zero-order chi connectivity index (χ0) is 43.3. The maximum Gasteiger partial charge on any atom is 0.0558 e. The summed E-state index contributed by atoms with van der Waals surface area (Å²) in [5.74, 6) is 3.17. The van der Waals surface area contributed by atoms with Crippen LogP contribution in [0.4, 0.5) is 0 Å². The number of hydrogen-bond acceptors (Lipinski definition) is 6. The van der Waals surface area contributed by atoms with E-state index in [0.717, 1.165) is 17.3 Å². The maximum absolute atomic E-state index is 2.63. The van der Waals surface area contributed by atoms with Gasteiger partial charge >= 0.3 is 0 Å². The molecule has 0 bridgehead atoms. The molecule has 0 nitrogen and oxygen atoms in total. The van der Waals surface area contributed by atoms with E-state index >= 15 is 0 Å². The van der Waals surface area contributed by atoms with Crippen molar-refractivity contribution in [2.24, 2.45) is 0 Å². The Bertz CT molecular complexity index is 1650. The molecule has 0 spiro atoms. The lowest BCUT2D eigenvalue weighted by Gasteiger charge is -2.41. The lowest BCUT2D eigenvalue weighted by Crippen LogP contribution is -2.29. The van der Waals surface area contributed by atoms with Gasteiger partial charge in [-0.3, -0.25) is 0 Å². The van der Waals surface area contributed by atoms with Gasteiger partial charge in [-0.15, -0.1) is 0 Å². The van der Waals surface area contributed by atoms with Crippen LogP contribution in [0.1, 0.15) is 175 Å². The van der Waals surface area contributed by atoms with Crippen LogP contribution in [0.15, 0.2) is 36.4 Å². The molecular formula is C48H75P3S6. The van der Waals surface area contributed by atoms with Crippen LogP contribution in [0.25, 0.3) is 0 Å². The van der Waals surface area contributed by atoms with E-state index in [0.29, 0.717) is 0 Å². The molecule has 1 heterocycles. The molecule has 3 aromatic rings. The lowest BCUT2D eigenvalue weighted by atomic mass is 9.79. The fourth-order valence-electron chi connectivity index (χ4n) is 7.03. The third-order valence-corrected chi connectivity index (χ3v) is 40.6. The summed E-state index contributed by atoms with van der Waals surface area (Å²) in [7, 11) is 0. The lowest BCUT2D eigenvalue weighted by molar-refractivity contribution is 0.570. The molecule has 0 aliphatic carbocycles. The van der Waals surface area contributed by atoms with E-state index in [9.17, 15) is 0 Å². The molecule has 1 aliphatic heterocycles. The predicted octanol–water partition coefficient (Wildman–Crippen LogP) is 17.5. The van der Waals surface area contributed by atoms with Crippen molar-refractivity contribution < 1.29 is 0 Å². The van der Waals surface area contributed by atoms with Crippen LogP contribution in [-0.2, 0) is 49.7 Å². The molecule has 0 N–H and O–H groups in total. The molecule has 0 atom stereocenters. The summed E-state index contributed by atoms with van der Waals surface area (Å²) in [6.45, 7) is 43.8. The Labute approximate surface area is 379 Å². The first-order valence-electron chi connectivity index (χ1n) is 20.4. The minimum absolute atomic E-state index is 0.0349. The van der Waals surface area contributed by atoms with Gasteiger partial charge in [-0.1, -0.05) is 194 Å². The highest BCUT2D eigenvalue weighted by Crippen LogP contribution is 2.96. The topological polar surface area (TPSA) is 0 Å². The van der Waals surface area contributed by atoms with Crippen molar-refractivity contribution >= 4 is 103 Å². The van der Waals surface area contributed by atoms with Crippen LogP contribution in [0.2, 0.25) is 0 Å². The van der Waals surface area contributed by atoms with Gasteiger partial charge < -0.3 is 0 Å². The molecule has 9 heteroatoms. The third-order valence-electron chi connectivity index (χ3n) is 10.5. The van der Waals surface area contributed by atoms with E-state index in [4.69, 9.17) is 0 Å². The molecule has 0 amide bonds. The molecule has 57 heavy (non-hydrogen) atoms. The van der Waals surface area contributed by atoms with Gasteiger partial charge in [0, 0.05) is 33.2 Å². The third kappa shape index (κ3) is 12.4. The molecule has 1 aliphatic rings. The van der Waals surface area contributed by atoms with Gasteiger partial charge in [0.15, 0.2) is 0 Å². The minimum Gasteiger partial charge on any atom is -0.161 e. The fraction of sp³-hybridized carbons (Fsp3) is 0.625. The summed E-state index contributed by atoms with van der Waals surface area (Å²) >= 11 is 13.2. The average molecular weight is 937 g/mol. The van der Waals surface area contributed by atoms with Crippen LogP contribution in [0, 0.1) is 0 Å². The molecule has 4 rings (SSSR count). The van der Waals surface area contributed by atoms with Crippen molar-refractivity contribution in [1.82, 2.24) is 0 Å². The van der Waals surface area contributed by atoms with Crippen molar-refractivity contribution in [3.8, 4) is 0 Å². The van der Waals surface area contributed by atoms with E-state index in [-0.39, 0.29) is 32.5 Å². The molecular weight excluding hydrogens is 862 g/mol. The summed E-state index contributed by atoms with van der Waals surface area (Å²) < 4.78 is 0. The van der Waals surface area contributed by atoms with Crippen molar-refractivity contribution in [2.45, 2.75) is 174 Å². The second-order valence-electron chi connectivity index (χ2n) is 21.9. The van der Waals surface area contributed by atoms with Gasteiger partial charge in [-0.25, -0.2) is 0 Å². The zero-order valence-electron chi connectivity index (χ0n) is 39.4. The molecule has 0 aromatic heterocycles. The quantitative estimate of drug-likeness (QED) is 0.195. The van der Waals surface area contributed by atoms with E-state index in [1.54, 1.807) is 49.3 Å². The highest BCUT2D eigenvalue weighted by Gasteiger charge is 2.43. The first-order valence-corrected chi connectivity index (χ1v) is 34.7. The van der Waals surface area contributed by atoms with Gasteiger partial charge in [-0.05, 0) is 101 Å². The van der Waals surface area contributed by atoms with Crippen LogP contribution in [-0.4, -0.2) is 18.8 Å². The normalized spacial score (nSPS) is 19.0. The van der Waals surface area contributed by atoms with Crippen molar-refractivity contribution in [2.75, 3.05) is 18.8 Å². The van der Waals surface area contributed by atoms with Gasteiger partial charge in [0.2, 0.25) is 0 Å². The van der Waals surface area contributed by atoms with Crippen LogP contribution < -0.4 is 15.9 Å². The predicted molar refractivity (Wildman–Crippen MR) is 286 cm³/mol. The molecule has 1 saturated heterocycles. The monoisotopic (exact) mass is 936 g/mol. The van der Waals surface area contributed by atoms with E-state index in [1.807, 2.05) is 35.3 Å². The highest BCUT2D eigenvalue weighted by molar-refractivity contribution is 9.37. The average Bonchev–Trinajstić information content (AvgIpc) is 3.05. The molecule has 0 radical (unpaired) electrons. The molecule has 0 unspecified atom stereocenters.